The number of hydrogen-bond acceptors (Lipinski definition) is 3. The minimum Gasteiger partial charge on any atom is -0.380 e. The third-order valence-electron chi connectivity index (χ3n) is 2.68. The van der Waals surface area contributed by atoms with Gasteiger partial charge in [0, 0.05) is 16.7 Å². The van der Waals surface area contributed by atoms with Crippen molar-refractivity contribution in [1.29, 1.82) is 0 Å². The fourth-order valence-electron chi connectivity index (χ4n) is 1.57. The second-order valence-electron chi connectivity index (χ2n) is 4.25. The summed E-state index contributed by atoms with van der Waals surface area (Å²) >= 11 is 5.95. The van der Waals surface area contributed by atoms with Gasteiger partial charge >= 0.3 is 5.97 Å². The van der Waals surface area contributed by atoms with Crippen LogP contribution in [-0.2, 0) is 9.63 Å². The Balaban J connectivity index is 1.99. The van der Waals surface area contributed by atoms with Crippen molar-refractivity contribution in [2.75, 3.05) is 0 Å². The van der Waals surface area contributed by atoms with Crippen molar-refractivity contribution in [2.24, 2.45) is 10.9 Å². The molecule has 22 heavy (non-hydrogen) atoms. The van der Waals surface area contributed by atoms with E-state index >= 15 is 0 Å². The smallest absolute Gasteiger partial charge is 0.358 e. The van der Waals surface area contributed by atoms with Gasteiger partial charge in [-0.25, -0.2) is 9.18 Å². The van der Waals surface area contributed by atoms with Crippen LogP contribution in [-0.4, -0.2) is 11.8 Å². The molecule has 0 radical (unpaired) electrons. The van der Waals surface area contributed by atoms with Crippen LogP contribution in [0.3, 0.4) is 0 Å². The first-order chi connectivity index (χ1) is 10.6. The summed E-state index contributed by atoms with van der Waals surface area (Å²) in [4.78, 5) is 16.2. The lowest BCUT2D eigenvalue weighted by Gasteiger charge is -1.99. The predicted octanol–water partition coefficient (Wildman–Crippen LogP) is 3.36. The Kier molecular flexibility index (Phi) is 5.27. The Morgan fingerprint density at radius 2 is 1.86 bits per heavy atom. The Bertz CT molecular complexity index is 727. The maximum atomic E-state index is 12.8. The summed E-state index contributed by atoms with van der Waals surface area (Å²) < 4.78 is 12.8. The summed E-state index contributed by atoms with van der Waals surface area (Å²) in [5, 5.41) is 4.01. The van der Waals surface area contributed by atoms with Crippen LogP contribution in [0.1, 0.15) is 11.1 Å². The first kappa shape index (κ1) is 15.7. The van der Waals surface area contributed by atoms with Gasteiger partial charge in [0.05, 0.1) is 0 Å². The van der Waals surface area contributed by atoms with Crippen LogP contribution < -0.4 is 5.73 Å². The highest BCUT2D eigenvalue weighted by molar-refractivity contribution is 6.32. The van der Waals surface area contributed by atoms with E-state index in [1.807, 2.05) is 0 Å². The van der Waals surface area contributed by atoms with Crippen LogP contribution in [0.15, 0.2) is 59.8 Å². The predicted molar refractivity (Wildman–Crippen MR) is 83.7 cm³/mol. The molecule has 0 bridgehead atoms. The number of halogens is 2. The fraction of sp³-hybridized carbons (Fsp3) is 0. The summed E-state index contributed by atoms with van der Waals surface area (Å²) in [5.74, 6) is -1.12. The highest BCUT2D eigenvalue weighted by atomic mass is 35.5. The minimum atomic E-state index is -0.704. The van der Waals surface area contributed by atoms with E-state index in [0.717, 1.165) is 0 Å². The normalized spacial score (nSPS) is 11.6. The average Bonchev–Trinajstić information content (AvgIpc) is 2.52. The molecular formula is C16H12ClFN2O2. The molecule has 4 nitrogen and oxygen atoms in total. The van der Waals surface area contributed by atoms with E-state index in [2.05, 4.69) is 9.99 Å². The van der Waals surface area contributed by atoms with Gasteiger partial charge in [0.1, 0.15) is 5.82 Å². The third kappa shape index (κ3) is 4.43. The molecule has 0 aliphatic rings. The standard InChI is InChI=1S/C16H12ClFN2O2/c17-14-4-2-1-3-11(14)7-10-15(21)22-20-16(19)12-5-8-13(18)9-6-12/h1-10H,(H2,19,20)/b10-7+. The second-order valence-corrected chi connectivity index (χ2v) is 4.66. The zero-order valence-electron chi connectivity index (χ0n) is 11.4. The SMILES string of the molecule is N/C(=N\OC(=O)/C=C/c1ccccc1Cl)c1ccc(F)cc1. The summed E-state index contributed by atoms with van der Waals surface area (Å²) in [6.07, 6.45) is 2.69. The largest absolute Gasteiger partial charge is 0.380 e. The quantitative estimate of drug-likeness (QED) is 0.309. The summed E-state index contributed by atoms with van der Waals surface area (Å²) in [5.41, 5.74) is 6.76. The molecule has 112 valence electrons. The highest BCUT2D eigenvalue weighted by Crippen LogP contribution is 2.16. The van der Waals surface area contributed by atoms with Gasteiger partial charge in [0.15, 0.2) is 5.84 Å². The number of oxime groups is 1. The molecule has 0 aliphatic carbocycles. The Morgan fingerprint density at radius 1 is 1.18 bits per heavy atom. The molecule has 2 aromatic carbocycles. The van der Waals surface area contributed by atoms with Gasteiger partial charge < -0.3 is 10.6 Å². The highest BCUT2D eigenvalue weighted by Gasteiger charge is 2.02. The molecule has 0 saturated heterocycles. The Hall–Kier alpha value is -2.66. The number of carbonyl (C=O) groups is 1. The molecule has 2 N–H and O–H groups in total. The molecule has 0 atom stereocenters. The zero-order chi connectivity index (χ0) is 15.9. The van der Waals surface area contributed by atoms with Gasteiger partial charge in [0.25, 0.3) is 0 Å². The van der Waals surface area contributed by atoms with E-state index in [1.54, 1.807) is 24.3 Å². The van der Waals surface area contributed by atoms with Gasteiger partial charge in [-0.05, 0) is 42.0 Å². The Morgan fingerprint density at radius 3 is 2.55 bits per heavy atom. The molecule has 0 heterocycles. The van der Waals surface area contributed by atoms with Crippen LogP contribution in [0, 0.1) is 5.82 Å². The molecule has 0 aromatic heterocycles. The molecule has 0 saturated carbocycles. The number of amidine groups is 1. The minimum absolute atomic E-state index is 0.0282. The van der Waals surface area contributed by atoms with Crippen LogP contribution >= 0.6 is 11.6 Å². The van der Waals surface area contributed by atoms with Gasteiger partial charge in [-0.1, -0.05) is 35.0 Å². The number of carbonyl (C=O) groups excluding carboxylic acids is 1. The second kappa shape index (κ2) is 7.38. The molecule has 0 spiro atoms. The number of hydrogen-bond donors (Lipinski definition) is 1. The lowest BCUT2D eigenvalue weighted by atomic mass is 10.2. The lowest BCUT2D eigenvalue weighted by Crippen LogP contribution is -2.14. The van der Waals surface area contributed by atoms with Crippen molar-refractivity contribution < 1.29 is 14.0 Å². The maximum Gasteiger partial charge on any atom is 0.358 e. The molecule has 2 aromatic rings. The van der Waals surface area contributed by atoms with Crippen molar-refractivity contribution in [3.8, 4) is 0 Å². The van der Waals surface area contributed by atoms with E-state index < -0.39 is 11.8 Å². The number of nitrogens with zero attached hydrogens (tertiary/aromatic N) is 1. The van der Waals surface area contributed by atoms with Crippen LogP contribution in [0.5, 0.6) is 0 Å². The van der Waals surface area contributed by atoms with E-state index in [0.29, 0.717) is 16.1 Å². The van der Waals surface area contributed by atoms with Gasteiger partial charge in [-0.15, -0.1) is 0 Å². The van der Waals surface area contributed by atoms with Gasteiger partial charge in [-0.2, -0.15) is 0 Å². The summed E-state index contributed by atoms with van der Waals surface area (Å²) in [7, 11) is 0. The van der Waals surface area contributed by atoms with Crippen molar-refractivity contribution in [3.63, 3.8) is 0 Å². The van der Waals surface area contributed by atoms with Gasteiger partial charge in [0.2, 0.25) is 0 Å². The monoisotopic (exact) mass is 318 g/mol. The van der Waals surface area contributed by atoms with E-state index in [4.69, 9.17) is 17.3 Å². The topological polar surface area (TPSA) is 64.7 Å². The fourth-order valence-corrected chi connectivity index (χ4v) is 1.76. The van der Waals surface area contributed by atoms with Crippen molar-refractivity contribution in [2.45, 2.75) is 0 Å². The summed E-state index contributed by atoms with van der Waals surface area (Å²) in [6, 6.07) is 12.4. The van der Waals surface area contributed by atoms with Crippen molar-refractivity contribution >= 4 is 29.5 Å². The Labute approximate surface area is 131 Å². The van der Waals surface area contributed by atoms with Crippen LogP contribution in [0.25, 0.3) is 6.08 Å². The number of benzene rings is 2. The molecule has 0 fully saturated rings. The zero-order valence-corrected chi connectivity index (χ0v) is 12.1. The van der Waals surface area contributed by atoms with E-state index in [1.165, 1.54) is 36.4 Å². The number of rotatable bonds is 4. The van der Waals surface area contributed by atoms with Crippen LogP contribution in [0.4, 0.5) is 4.39 Å². The summed E-state index contributed by atoms with van der Waals surface area (Å²) in [6.45, 7) is 0. The average molecular weight is 319 g/mol. The molecule has 6 heteroatoms. The number of nitrogens with two attached hydrogens (primary N) is 1. The third-order valence-corrected chi connectivity index (χ3v) is 3.02. The van der Waals surface area contributed by atoms with E-state index in [9.17, 15) is 9.18 Å². The first-order valence-corrected chi connectivity index (χ1v) is 6.67. The van der Waals surface area contributed by atoms with Gasteiger partial charge in [-0.3, -0.25) is 0 Å². The molecule has 0 aliphatic heterocycles. The van der Waals surface area contributed by atoms with E-state index in [-0.39, 0.29) is 5.84 Å². The van der Waals surface area contributed by atoms with Crippen LogP contribution in [0.2, 0.25) is 5.02 Å². The molecule has 0 amide bonds. The lowest BCUT2D eigenvalue weighted by molar-refractivity contribution is -0.137. The molecular weight excluding hydrogens is 307 g/mol. The maximum absolute atomic E-state index is 12.8. The van der Waals surface area contributed by atoms with Crippen molar-refractivity contribution in [3.05, 3.63) is 76.6 Å². The first-order valence-electron chi connectivity index (χ1n) is 6.29. The molecule has 0 unspecified atom stereocenters. The molecule has 2 rings (SSSR count). The van der Waals surface area contributed by atoms with Crippen molar-refractivity contribution in [1.82, 2.24) is 0 Å².